The van der Waals surface area contributed by atoms with Crippen LogP contribution in [0, 0.1) is 11.7 Å². The van der Waals surface area contributed by atoms with Crippen LogP contribution in [0.2, 0.25) is 0 Å². The summed E-state index contributed by atoms with van der Waals surface area (Å²) in [5.41, 5.74) is 2.09. The Balaban J connectivity index is 2.59. The van der Waals surface area contributed by atoms with Gasteiger partial charge in [0, 0.05) is 18.0 Å². The predicted molar refractivity (Wildman–Crippen MR) is 62.2 cm³/mol. The molecule has 0 spiro atoms. The number of hydrogen-bond acceptors (Lipinski definition) is 2. The molecule has 0 radical (unpaired) electrons. The summed E-state index contributed by atoms with van der Waals surface area (Å²) >= 11 is 5.20. The summed E-state index contributed by atoms with van der Waals surface area (Å²) in [6.07, 6.45) is 1.89. The van der Waals surface area contributed by atoms with Gasteiger partial charge in [0.05, 0.1) is 12.8 Å². The lowest BCUT2D eigenvalue weighted by Crippen LogP contribution is -1.96. The number of nitrogens with one attached hydrogen (secondary N) is 1. The molecule has 1 aromatic carbocycles. The first-order chi connectivity index (χ1) is 7.22. The lowest BCUT2D eigenvalue weighted by Gasteiger charge is -2.06. The van der Waals surface area contributed by atoms with Crippen molar-refractivity contribution in [2.24, 2.45) is 0 Å². The normalized spacial score (nSPS) is 10.3. The van der Waals surface area contributed by atoms with Crippen molar-refractivity contribution in [3.8, 4) is 11.4 Å². The van der Waals surface area contributed by atoms with Crippen molar-refractivity contribution in [3.05, 3.63) is 40.9 Å². The Kier molecular flexibility index (Phi) is 2.60. The van der Waals surface area contributed by atoms with Crippen LogP contribution in [-0.2, 0) is 0 Å². The van der Waals surface area contributed by atoms with Crippen LogP contribution < -0.4 is 4.74 Å². The molecule has 0 atom stereocenters. The largest absolute Gasteiger partial charge is 0.497 e. The third-order valence-corrected chi connectivity index (χ3v) is 2.57. The number of methoxy groups -OCH3 is 1. The Bertz CT molecular complexity index is 527. The van der Waals surface area contributed by atoms with Gasteiger partial charge in [-0.2, -0.15) is 0 Å². The topological polar surface area (TPSA) is 29.9 Å². The zero-order valence-corrected chi connectivity index (χ0v) is 9.47. The van der Waals surface area contributed by atoms with Gasteiger partial charge in [-0.15, -0.1) is 0 Å². The third-order valence-electron chi connectivity index (χ3n) is 2.27. The lowest BCUT2D eigenvalue weighted by atomic mass is 10.3. The molecule has 0 saturated heterocycles. The van der Waals surface area contributed by atoms with E-state index in [4.69, 9.17) is 17.0 Å². The van der Waals surface area contributed by atoms with Crippen LogP contribution in [0.25, 0.3) is 5.69 Å². The van der Waals surface area contributed by atoms with Crippen molar-refractivity contribution < 1.29 is 4.74 Å². The number of aromatic nitrogens is 2. The number of rotatable bonds is 2. The lowest BCUT2D eigenvalue weighted by molar-refractivity contribution is 0.414. The van der Waals surface area contributed by atoms with Gasteiger partial charge in [0.15, 0.2) is 4.77 Å². The third kappa shape index (κ3) is 1.80. The predicted octanol–water partition coefficient (Wildman–Crippen LogP) is 2.85. The van der Waals surface area contributed by atoms with Crippen LogP contribution in [0.15, 0.2) is 30.5 Å². The minimum atomic E-state index is 0.695. The number of ether oxygens (including phenoxy) is 1. The fraction of sp³-hybridized carbons (Fsp3) is 0.182. The maximum atomic E-state index is 5.20. The van der Waals surface area contributed by atoms with Gasteiger partial charge in [0.2, 0.25) is 0 Å². The highest BCUT2D eigenvalue weighted by molar-refractivity contribution is 7.71. The minimum absolute atomic E-state index is 0.695. The molecule has 15 heavy (non-hydrogen) atoms. The molecular weight excluding hydrogens is 208 g/mol. The molecule has 0 saturated carbocycles. The second-order valence-electron chi connectivity index (χ2n) is 3.27. The summed E-state index contributed by atoms with van der Waals surface area (Å²) in [6.45, 7) is 2.01. The standard InChI is InChI=1S/C11H12N2OS/c1-8-7-12-11(15)13(8)9-4-3-5-10(6-9)14-2/h3-7H,1-2H3,(H,12,15). The molecule has 1 aromatic heterocycles. The molecule has 0 aliphatic rings. The van der Waals surface area contributed by atoms with E-state index < -0.39 is 0 Å². The molecule has 1 N–H and O–H groups in total. The highest BCUT2D eigenvalue weighted by atomic mass is 32.1. The zero-order valence-electron chi connectivity index (χ0n) is 8.65. The number of hydrogen-bond donors (Lipinski definition) is 1. The van der Waals surface area contributed by atoms with E-state index >= 15 is 0 Å². The number of nitrogens with zero attached hydrogens (tertiary/aromatic N) is 1. The average molecular weight is 220 g/mol. The molecule has 2 rings (SSSR count). The molecule has 0 fully saturated rings. The van der Waals surface area contributed by atoms with Crippen LogP contribution in [-0.4, -0.2) is 16.7 Å². The summed E-state index contributed by atoms with van der Waals surface area (Å²) in [7, 11) is 1.66. The van der Waals surface area contributed by atoms with Gasteiger partial charge in [0.25, 0.3) is 0 Å². The first-order valence-corrected chi connectivity index (χ1v) is 5.04. The van der Waals surface area contributed by atoms with Crippen molar-refractivity contribution in [1.82, 2.24) is 9.55 Å². The van der Waals surface area contributed by atoms with E-state index in [1.165, 1.54) is 0 Å². The van der Waals surface area contributed by atoms with Gasteiger partial charge >= 0.3 is 0 Å². The number of aromatic amines is 1. The first-order valence-electron chi connectivity index (χ1n) is 4.64. The summed E-state index contributed by atoms with van der Waals surface area (Å²) in [6, 6.07) is 7.81. The number of imidazole rings is 1. The van der Waals surface area contributed by atoms with Crippen LogP contribution >= 0.6 is 12.2 Å². The molecule has 0 unspecified atom stereocenters. The van der Waals surface area contributed by atoms with Crippen LogP contribution in [0.3, 0.4) is 0 Å². The van der Waals surface area contributed by atoms with Crippen molar-refractivity contribution >= 4 is 12.2 Å². The van der Waals surface area contributed by atoms with E-state index in [9.17, 15) is 0 Å². The summed E-state index contributed by atoms with van der Waals surface area (Å²) in [4.78, 5) is 3.01. The van der Waals surface area contributed by atoms with Gasteiger partial charge in [-0.3, -0.25) is 4.57 Å². The second kappa shape index (κ2) is 3.90. The van der Waals surface area contributed by atoms with Crippen molar-refractivity contribution in [2.75, 3.05) is 7.11 Å². The smallest absolute Gasteiger partial charge is 0.182 e. The first kappa shape index (κ1) is 9.98. The van der Waals surface area contributed by atoms with E-state index in [0.717, 1.165) is 17.1 Å². The van der Waals surface area contributed by atoms with Gasteiger partial charge in [0.1, 0.15) is 5.75 Å². The zero-order chi connectivity index (χ0) is 10.8. The molecule has 4 heteroatoms. The summed E-state index contributed by atoms with van der Waals surface area (Å²) in [5, 5.41) is 0. The Morgan fingerprint density at radius 2 is 2.20 bits per heavy atom. The SMILES string of the molecule is COc1cccc(-n2c(C)c[nH]c2=S)c1. The Morgan fingerprint density at radius 3 is 2.80 bits per heavy atom. The Morgan fingerprint density at radius 1 is 1.40 bits per heavy atom. The maximum absolute atomic E-state index is 5.20. The molecule has 1 heterocycles. The highest BCUT2D eigenvalue weighted by Gasteiger charge is 2.02. The summed E-state index contributed by atoms with van der Waals surface area (Å²) in [5.74, 6) is 0.829. The van der Waals surface area contributed by atoms with E-state index in [2.05, 4.69) is 4.98 Å². The quantitative estimate of drug-likeness (QED) is 0.789. The Labute approximate surface area is 93.3 Å². The van der Waals surface area contributed by atoms with Crippen LogP contribution in [0.5, 0.6) is 5.75 Å². The highest BCUT2D eigenvalue weighted by Crippen LogP contribution is 2.18. The van der Waals surface area contributed by atoms with Crippen LogP contribution in [0.1, 0.15) is 5.69 Å². The summed E-state index contributed by atoms with van der Waals surface area (Å²) < 4.78 is 7.84. The average Bonchev–Trinajstić information content (AvgIpc) is 2.59. The number of benzene rings is 1. The van der Waals surface area contributed by atoms with Gasteiger partial charge < -0.3 is 9.72 Å². The van der Waals surface area contributed by atoms with E-state index in [0.29, 0.717) is 4.77 Å². The van der Waals surface area contributed by atoms with Crippen molar-refractivity contribution in [1.29, 1.82) is 0 Å². The van der Waals surface area contributed by atoms with Crippen molar-refractivity contribution in [2.45, 2.75) is 6.92 Å². The van der Waals surface area contributed by atoms with Crippen molar-refractivity contribution in [3.63, 3.8) is 0 Å². The van der Waals surface area contributed by atoms with E-state index in [-0.39, 0.29) is 0 Å². The fourth-order valence-corrected chi connectivity index (χ4v) is 1.83. The molecule has 0 aliphatic heterocycles. The molecule has 2 aromatic rings. The number of H-pyrrole nitrogens is 1. The molecule has 0 amide bonds. The molecule has 78 valence electrons. The molecule has 0 bridgehead atoms. The molecule has 0 aliphatic carbocycles. The number of aryl methyl sites for hydroxylation is 1. The fourth-order valence-electron chi connectivity index (χ4n) is 1.53. The van der Waals surface area contributed by atoms with Crippen LogP contribution in [0.4, 0.5) is 0 Å². The monoisotopic (exact) mass is 220 g/mol. The van der Waals surface area contributed by atoms with E-state index in [1.54, 1.807) is 7.11 Å². The maximum Gasteiger partial charge on any atom is 0.182 e. The Hall–Kier alpha value is -1.55. The van der Waals surface area contributed by atoms with E-state index in [1.807, 2.05) is 42.0 Å². The van der Waals surface area contributed by atoms with Gasteiger partial charge in [-0.25, -0.2) is 0 Å². The second-order valence-corrected chi connectivity index (χ2v) is 3.66. The molecular formula is C11H12N2OS. The van der Waals surface area contributed by atoms with Gasteiger partial charge in [-0.1, -0.05) is 6.07 Å². The van der Waals surface area contributed by atoms with Gasteiger partial charge in [-0.05, 0) is 31.3 Å². The molecule has 3 nitrogen and oxygen atoms in total. The minimum Gasteiger partial charge on any atom is -0.497 e.